The van der Waals surface area contributed by atoms with E-state index in [1.165, 1.54) is 17.7 Å². The normalized spacial score (nSPS) is 25.7. The summed E-state index contributed by atoms with van der Waals surface area (Å²) in [6.45, 7) is 3.35. The number of hydrogen-bond donors (Lipinski definition) is 2. The molecule has 1 saturated heterocycles. The van der Waals surface area contributed by atoms with Gasteiger partial charge in [0.15, 0.2) is 0 Å². The topological polar surface area (TPSA) is 69.6 Å². The first kappa shape index (κ1) is 12.2. The molecule has 2 aliphatic rings. The van der Waals surface area contributed by atoms with Gasteiger partial charge in [-0.05, 0) is 37.5 Å². The highest BCUT2D eigenvalue weighted by Gasteiger charge is 2.34. The zero-order chi connectivity index (χ0) is 12.4. The van der Waals surface area contributed by atoms with Crippen LogP contribution >= 0.6 is 0 Å². The highest BCUT2D eigenvalue weighted by molar-refractivity contribution is 5.83. The molecule has 17 heavy (non-hydrogen) atoms. The van der Waals surface area contributed by atoms with Gasteiger partial charge < -0.3 is 15.3 Å². The number of carboxylic acid groups (broad SMARTS) is 1. The van der Waals surface area contributed by atoms with Crippen LogP contribution in [0, 0.1) is 11.8 Å². The number of carbonyl (C=O) groups excluding carboxylic acids is 1. The molecule has 1 aliphatic heterocycles. The molecule has 96 valence electrons. The summed E-state index contributed by atoms with van der Waals surface area (Å²) >= 11 is 0. The van der Waals surface area contributed by atoms with Crippen molar-refractivity contribution in [3.8, 4) is 0 Å². The van der Waals surface area contributed by atoms with Crippen molar-refractivity contribution >= 4 is 12.0 Å². The van der Waals surface area contributed by atoms with Crippen molar-refractivity contribution in [1.82, 2.24) is 10.2 Å². The van der Waals surface area contributed by atoms with E-state index in [4.69, 9.17) is 5.11 Å². The molecule has 1 heterocycles. The van der Waals surface area contributed by atoms with Crippen LogP contribution in [0.5, 0.6) is 0 Å². The molecule has 0 aromatic heterocycles. The van der Waals surface area contributed by atoms with E-state index in [0.717, 1.165) is 12.3 Å². The predicted octanol–water partition coefficient (Wildman–Crippen LogP) is 1.29. The fourth-order valence-electron chi connectivity index (χ4n) is 2.45. The molecular formula is C12H20N2O3. The van der Waals surface area contributed by atoms with E-state index in [9.17, 15) is 9.59 Å². The van der Waals surface area contributed by atoms with Gasteiger partial charge in [0.1, 0.15) is 6.04 Å². The molecule has 5 nitrogen and oxygen atoms in total. The van der Waals surface area contributed by atoms with Crippen LogP contribution in [0.3, 0.4) is 0 Å². The minimum absolute atomic E-state index is 0.220. The zero-order valence-electron chi connectivity index (χ0n) is 10.2. The highest BCUT2D eigenvalue weighted by atomic mass is 16.4. The fraction of sp³-hybridized carbons (Fsp3) is 0.833. The molecule has 2 N–H and O–H groups in total. The summed E-state index contributed by atoms with van der Waals surface area (Å²) in [6.07, 6.45) is 3.88. The van der Waals surface area contributed by atoms with Gasteiger partial charge in [-0.2, -0.15) is 0 Å². The number of hydrogen-bond acceptors (Lipinski definition) is 2. The molecule has 2 unspecified atom stereocenters. The summed E-state index contributed by atoms with van der Waals surface area (Å²) in [5.41, 5.74) is 0. The molecule has 0 bridgehead atoms. The fourth-order valence-corrected chi connectivity index (χ4v) is 2.45. The molecule has 5 heteroatoms. The van der Waals surface area contributed by atoms with E-state index in [-0.39, 0.29) is 6.03 Å². The largest absolute Gasteiger partial charge is 0.480 e. The molecule has 2 rings (SSSR count). The van der Waals surface area contributed by atoms with Crippen molar-refractivity contribution in [2.24, 2.45) is 11.8 Å². The summed E-state index contributed by atoms with van der Waals surface area (Å²) in [5, 5.41) is 11.8. The van der Waals surface area contributed by atoms with E-state index in [1.54, 1.807) is 0 Å². The number of aliphatic carboxylic acids is 1. The monoisotopic (exact) mass is 240 g/mol. The van der Waals surface area contributed by atoms with Crippen molar-refractivity contribution < 1.29 is 14.7 Å². The van der Waals surface area contributed by atoms with E-state index >= 15 is 0 Å². The number of nitrogens with one attached hydrogen (secondary N) is 1. The van der Waals surface area contributed by atoms with Crippen molar-refractivity contribution in [3.63, 3.8) is 0 Å². The zero-order valence-corrected chi connectivity index (χ0v) is 10.2. The first-order chi connectivity index (χ1) is 8.09. The summed E-state index contributed by atoms with van der Waals surface area (Å²) in [4.78, 5) is 24.3. The molecule has 1 saturated carbocycles. The van der Waals surface area contributed by atoms with Gasteiger partial charge >= 0.3 is 12.0 Å². The summed E-state index contributed by atoms with van der Waals surface area (Å²) in [6, 6.07) is -0.853. The second-order valence-electron chi connectivity index (χ2n) is 5.19. The molecular weight excluding hydrogens is 220 g/mol. The van der Waals surface area contributed by atoms with Crippen LogP contribution in [0.2, 0.25) is 0 Å². The molecule has 0 radical (unpaired) electrons. The Morgan fingerprint density at radius 2 is 2.12 bits per heavy atom. The van der Waals surface area contributed by atoms with E-state index in [0.29, 0.717) is 25.4 Å². The van der Waals surface area contributed by atoms with Crippen molar-refractivity contribution in [2.75, 3.05) is 13.1 Å². The first-order valence-electron chi connectivity index (χ1n) is 6.37. The van der Waals surface area contributed by atoms with Gasteiger partial charge in [-0.1, -0.05) is 6.92 Å². The minimum atomic E-state index is -0.895. The number of amides is 2. The predicted molar refractivity (Wildman–Crippen MR) is 62.7 cm³/mol. The molecule has 1 aliphatic carbocycles. The van der Waals surface area contributed by atoms with Crippen molar-refractivity contribution in [2.45, 2.75) is 38.6 Å². The maximum absolute atomic E-state index is 11.9. The van der Waals surface area contributed by atoms with Gasteiger partial charge in [0.25, 0.3) is 0 Å². The van der Waals surface area contributed by atoms with E-state index in [1.807, 2.05) is 0 Å². The molecule has 2 atom stereocenters. The number of carboxylic acids is 1. The maximum Gasteiger partial charge on any atom is 0.326 e. The lowest BCUT2D eigenvalue weighted by atomic mass is 10.1. The van der Waals surface area contributed by atoms with Gasteiger partial charge in [0.05, 0.1) is 0 Å². The molecule has 0 aromatic carbocycles. The van der Waals surface area contributed by atoms with Gasteiger partial charge in [-0.3, -0.25) is 0 Å². The third kappa shape index (κ3) is 2.90. The Morgan fingerprint density at radius 1 is 1.41 bits per heavy atom. The van der Waals surface area contributed by atoms with Crippen molar-refractivity contribution in [3.05, 3.63) is 0 Å². The lowest BCUT2D eigenvalue weighted by molar-refractivity contribution is -0.141. The standard InChI is InChI=1S/C12H20N2O3/c1-8(9-4-5-9)7-13-12(17)14-6-2-3-10(14)11(15)16/h8-10H,2-7H2,1H3,(H,13,17)(H,15,16). The lowest BCUT2D eigenvalue weighted by Crippen LogP contribution is -2.47. The highest BCUT2D eigenvalue weighted by Crippen LogP contribution is 2.36. The van der Waals surface area contributed by atoms with Crippen LogP contribution in [0.1, 0.15) is 32.6 Å². The summed E-state index contributed by atoms with van der Waals surface area (Å²) < 4.78 is 0. The molecule has 0 aromatic rings. The van der Waals surface area contributed by atoms with Crippen LogP contribution in [0.4, 0.5) is 4.79 Å². The van der Waals surface area contributed by atoms with E-state index in [2.05, 4.69) is 12.2 Å². The third-order valence-corrected chi connectivity index (χ3v) is 3.80. The lowest BCUT2D eigenvalue weighted by Gasteiger charge is -2.23. The Kier molecular flexibility index (Phi) is 3.54. The first-order valence-corrected chi connectivity index (χ1v) is 6.37. The number of likely N-dealkylation sites (tertiary alicyclic amines) is 1. The Labute approximate surface area is 101 Å². The molecule has 2 fully saturated rings. The van der Waals surface area contributed by atoms with Crippen LogP contribution < -0.4 is 5.32 Å². The Balaban J connectivity index is 1.80. The smallest absolute Gasteiger partial charge is 0.326 e. The second kappa shape index (κ2) is 4.94. The molecule has 2 amide bonds. The quantitative estimate of drug-likeness (QED) is 0.778. The SMILES string of the molecule is CC(CNC(=O)N1CCCC1C(=O)O)C1CC1. The van der Waals surface area contributed by atoms with Crippen LogP contribution in [0.15, 0.2) is 0 Å². The van der Waals surface area contributed by atoms with Crippen LogP contribution in [0.25, 0.3) is 0 Å². The Hall–Kier alpha value is -1.26. The average Bonchev–Trinajstić information content (AvgIpc) is 3.02. The van der Waals surface area contributed by atoms with Crippen LogP contribution in [-0.4, -0.2) is 41.1 Å². The number of rotatable bonds is 4. The number of urea groups is 1. The second-order valence-corrected chi connectivity index (χ2v) is 5.19. The van der Waals surface area contributed by atoms with Gasteiger partial charge in [0.2, 0.25) is 0 Å². The van der Waals surface area contributed by atoms with Gasteiger partial charge in [-0.15, -0.1) is 0 Å². The van der Waals surface area contributed by atoms with Gasteiger partial charge in [-0.25, -0.2) is 9.59 Å². The molecule has 0 spiro atoms. The third-order valence-electron chi connectivity index (χ3n) is 3.80. The van der Waals surface area contributed by atoms with Gasteiger partial charge in [0, 0.05) is 13.1 Å². The van der Waals surface area contributed by atoms with E-state index < -0.39 is 12.0 Å². The van der Waals surface area contributed by atoms with Crippen molar-refractivity contribution in [1.29, 1.82) is 0 Å². The average molecular weight is 240 g/mol. The van der Waals surface area contributed by atoms with Crippen LogP contribution in [-0.2, 0) is 4.79 Å². The summed E-state index contributed by atoms with van der Waals surface area (Å²) in [7, 11) is 0. The minimum Gasteiger partial charge on any atom is -0.480 e. The maximum atomic E-state index is 11.9. The Bertz CT molecular complexity index is 315. The number of nitrogens with zero attached hydrogens (tertiary/aromatic N) is 1. The number of carbonyl (C=O) groups is 2. The Morgan fingerprint density at radius 3 is 2.71 bits per heavy atom. The summed E-state index contributed by atoms with van der Waals surface area (Å²) in [5.74, 6) is 0.363.